The van der Waals surface area contributed by atoms with Gasteiger partial charge in [-0.15, -0.1) is 22.7 Å². The number of fused-ring (bicyclic) bond motifs is 2. The summed E-state index contributed by atoms with van der Waals surface area (Å²) in [6.07, 6.45) is 0.688. The Bertz CT molecular complexity index is 1960. The Morgan fingerprint density at radius 2 is 1.24 bits per heavy atom. The first kappa shape index (κ1) is 41.0. The summed E-state index contributed by atoms with van der Waals surface area (Å²) in [5, 5.41) is 21.1. The van der Waals surface area contributed by atoms with E-state index in [2.05, 4.69) is 9.47 Å². The molecule has 17 heteroatoms. The Hall–Kier alpha value is -4.44. The fourth-order valence-electron chi connectivity index (χ4n) is 4.63. The average molecular weight is 785 g/mol. The number of methoxy groups -OCH3 is 4. The van der Waals surface area contributed by atoms with Crippen LogP contribution in [0.15, 0.2) is 30.3 Å². The molecule has 2 N–H and O–H groups in total. The van der Waals surface area contributed by atoms with Crippen LogP contribution in [0.4, 0.5) is 0 Å². The molecule has 1 aliphatic heterocycles. The molecule has 274 valence electrons. The predicted octanol–water partition coefficient (Wildman–Crippen LogP) is 6.94. The third kappa shape index (κ3) is 10.1. The van der Waals surface area contributed by atoms with Crippen molar-refractivity contribution < 1.29 is 57.9 Å². The van der Waals surface area contributed by atoms with E-state index in [0.29, 0.717) is 25.3 Å². The molecule has 51 heavy (non-hydrogen) atoms. The van der Waals surface area contributed by atoms with Crippen LogP contribution < -0.4 is 9.47 Å². The monoisotopic (exact) mass is 783 g/mol. The lowest BCUT2D eigenvalue weighted by Gasteiger charge is -2.06. The average Bonchev–Trinajstić information content (AvgIpc) is 3.82. The van der Waals surface area contributed by atoms with Gasteiger partial charge in [0.25, 0.3) is 0 Å². The number of rotatable bonds is 10. The summed E-state index contributed by atoms with van der Waals surface area (Å²) in [4.78, 5) is 68.9. The summed E-state index contributed by atoms with van der Waals surface area (Å²) in [5.74, 6) is -2.20. The molecule has 0 saturated carbocycles. The van der Waals surface area contributed by atoms with Gasteiger partial charge in [-0.1, -0.05) is 25.4 Å². The smallest absolute Gasteiger partial charge is 0.308 e. The van der Waals surface area contributed by atoms with Crippen molar-refractivity contribution in [3.63, 3.8) is 0 Å². The number of esters is 2. The highest BCUT2D eigenvalue weighted by molar-refractivity contribution is 7.21. The number of Topliss-reactive ketones (excluding diaryl/α,β-unsaturated/α-hetero) is 2. The topological polar surface area (TPSA) is 183 Å². The number of ether oxygens (including phenoxy) is 4. The van der Waals surface area contributed by atoms with Crippen molar-refractivity contribution in [3.05, 3.63) is 45.1 Å². The molecule has 3 heterocycles. The molecule has 0 bridgehead atoms. The molecule has 1 saturated heterocycles. The number of hydrogen-bond donors (Lipinski definition) is 2. The SMILES string of the molecule is COC(=O)[C@@H](C)CC(=O)c1cc2c(Cl)c(O)c(OC)cc2s1.COC(=O)[C@@H](C)CC(=O)c1cc2cc(O)c(OC)cc2s1.O=C1CCC(=O)N1Cl. The maximum Gasteiger partial charge on any atom is 0.308 e. The number of hydrogen-bond acceptors (Lipinski definition) is 14. The lowest BCUT2D eigenvalue weighted by Crippen LogP contribution is -2.16. The van der Waals surface area contributed by atoms with Gasteiger partial charge in [0.1, 0.15) is 0 Å². The molecule has 4 aromatic rings. The molecule has 0 radical (unpaired) electrons. The van der Waals surface area contributed by atoms with Gasteiger partial charge in [0.15, 0.2) is 34.6 Å². The van der Waals surface area contributed by atoms with Crippen LogP contribution in [0, 0.1) is 11.8 Å². The normalized spacial score (nSPS) is 13.5. The van der Waals surface area contributed by atoms with Crippen LogP contribution in [0.25, 0.3) is 20.2 Å². The number of amides is 2. The van der Waals surface area contributed by atoms with Gasteiger partial charge in [0.2, 0.25) is 11.8 Å². The minimum absolute atomic E-state index is 0.0322. The van der Waals surface area contributed by atoms with Gasteiger partial charge in [-0.05, 0) is 23.6 Å². The van der Waals surface area contributed by atoms with E-state index >= 15 is 0 Å². The van der Waals surface area contributed by atoms with Crippen LogP contribution in [0.5, 0.6) is 23.0 Å². The van der Waals surface area contributed by atoms with E-state index < -0.39 is 23.8 Å². The van der Waals surface area contributed by atoms with Crippen molar-refractivity contribution in [1.29, 1.82) is 0 Å². The number of phenols is 2. The van der Waals surface area contributed by atoms with Crippen molar-refractivity contribution in [2.75, 3.05) is 28.4 Å². The lowest BCUT2D eigenvalue weighted by molar-refractivity contribution is -0.145. The van der Waals surface area contributed by atoms with Crippen LogP contribution in [-0.4, -0.2) is 78.4 Å². The van der Waals surface area contributed by atoms with Gasteiger partial charge < -0.3 is 29.2 Å². The highest BCUT2D eigenvalue weighted by Gasteiger charge is 2.27. The first-order valence-corrected chi connectivity index (χ1v) is 17.4. The Balaban J connectivity index is 0.000000227. The third-order valence-electron chi connectivity index (χ3n) is 7.47. The number of thiophene rings is 2. The van der Waals surface area contributed by atoms with E-state index in [4.69, 9.17) is 32.9 Å². The molecular formula is C34H35Cl2NO12S2. The van der Waals surface area contributed by atoms with Crippen molar-refractivity contribution in [1.82, 2.24) is 4.42 Å². The predicted molar refractivity (Wildman–Crippen MR) is 192 cm³/mol. The second kappa shape index (κ2) is 18.2. The zero-order chi connectivity index (χ0) is 38.2. The van der Waals surface area contributed by atoms with Gasteiger partial charge in [0.05, 0.1) is 55.1 Å². The Morgan fingerprint density at radius 3 is 1.69 bits per heavy atom. The van der Waals surface area contributed by atoms with Crippen molar-refractivity contribution >= 4 is 102 Å². The number of imide groups is 1. The van der Waals surface area contributed by atoms with Crippen LogP contribution in [0.3, 0.4) is 0 Å². The third-order valence-corrected chi connectivity index (χ3v) is 10.5. The van der Waals surface area contributed by atoms with Crippen molar-refractivity contribution in [2.45, 2.75) is 39.5 Å². The molecule has 0 aliphatic carbocycles. The summed E-state index contributed by atoms with van der Waals surface area (Å²) < 4.78 is 21.5. The van der Waals surface area contributed by atoms with Crippen LogP contribution >= 0.6 is 46.1 Å². The largest absolute Gasteiger partial charge is 0.504 e. The van der Waals surface area contributed by atoms with Gasteiger partial charge in [0, 0.05) is 64.4 Å². The number of aromatic hydroxyl groups is 2. The maximum absolute atomic E-state index is 12.3. The number of ketones is 2. The molecule has 0 unspecified atom stereocenters. The molecule has 2 amide bonds. The Morgan fingerprint density at radius 1 is 0.765 bits per heavy atom. The van der Waals surface area contributed by atoms with E-state index in [9.17, 15) is 39.0 Å². The van der Waals surface area contributed by atoms with Gasteiger partial charge in [-0.25, -0.2) is 0 Å². The Kier molecular flexibility index (Phi) is 14.6. The van der Waals surface area contributed by atoms with Gasteiger partial charge >= 0.3 is 11.9 Å². The van der Waals surface area contributed by atoms with E-state index in [1.165, 1.54) is 51.1 Å². The Labute approximate surface area is 310 Å². The van der Waals surface area contributed by atoms with Gasteiger partial charge in [-0.2, -0.15) is 4.42 Å². The second-order valence-corrected chi connectivity index (χ2v) is 14.0. The summed E-state index contributed by atoms with van der Waals surface area (Å²) in [5.41, 5.74) is 0. The van der Waals surface area contributed by atoms with E-state index in [-0.39, 0.29) is 71.3 Å². The number of halogens is 2. The molecule has 13 nitrogen and oxygen atoms in total. The van der Waals surface area contributed by atoms with E-state index in [1.54, 1.807) is 44.2 Å². The van der Waals surface area contributed by atoms with Crippen molar-refractivity contribution in [3.8, 4) is 23.0 Å². The first-order chi connectivity index (χ1) is 24.1. The van der Waals surface area contributed by atoms with Crippen molar-refractivity contribution in [2.24, 2.45) is 11.8 Å². The summed E-state index contributed by atoms with van der Waals surface area (Å²) in [6, 6.07) is 8.21. The molecule has 5 rings (SSSR count). The maximum atomic E-state index is 12.3. The van der Waals surface area contributed by atoms with E-state index in [0.717, 1.165) is 14.8 Å². The standard InChI is InChI=1S/C15H15ClO5S.C15H16O5S.C4H4ClNO2/c1-7(15(19)21-3)4-9(17)12-5-8-11(22-12)6-10(20-2)14(18)13(8)16;1-8(15(18)20-3)4-11(17)14-6-9-5-10(16)12(19-2)7-13(9)21-14;5-6-3(7)1-2-4(6)8/h5-7,18H,4H2,1-3H3;5-8,16H,4H2,1-3H3;1-2H2/t7-;8-;/m00./s1. The number of phenolic OH excluding ortho intramolecular Hbond substituents is 2. The minimum Gasteiger partial charge on any atom is -0.504 e. The molecule has 1 fully saturated rings. The highest BCUT2D eigenvalue weighted by atomic mass is 35.5. The fourth-order valence-corrected chi connectivity index (χ4v) is 7.18. The van der Waals surface area contributed by atoms with Gasteiger partial charge in [-0.3, -0.25) is 28.8 Å². The molecule has 0 spiro atoms. The molecular weight excluding hydrogens is 749 g/mol. The van der Waals surface area contributed by atoms with E-state index in [1.807, 2.05) is 0 Å². The van der Waals surface area contributed by atoms with Crippen LogP contribution in [0.1, 0.15) is 58.9 Å². The van der Waals surface area contributed by atoms with Crippen LogP contribution in [-0.2, 0) is 28.7 Å². The molecule has 2 atom stereocenters. The molecule has 2 aromatic heterocycles. The summed E-state index contributed by atoms with van der Waals surface area (Å²) in [7, 11) is 5.49. The number of nitrogens with zero attached hydrogens (tertiary/aromatic N) is 1. The highest BCUT2D eigenvalue weighted by Crippen LogP contribution is 2.43. The molecule has 1 aliphatic rings. The zero-order valence-corrected chi connectivity index (χ0v) is 31.5. The number of carbonyl (C=O) groups is 6. The summed E-state index contributed by atoms with van der Waals surface area (Å²) in [6.45, 7) is 3.30. The first-order valence-electron chi connectivity index (χ1n) is 15.1. The number of carbonyl (C=O) groups excluding carboxylic acids is 6. The fraction of sp³-hybridized carbons (Fsp3) is 0.353. The number of benzene rings is 2. The summed E-state index contributed by atoms with van der Waals surface area (Å²) >= 11 is 13.8. The van der Waals surface area contributed by atoms with Crippen LogP contribution in [0.2, 0.25) is 5.02 Å². The minimum atomic E-state index is -0.513. The second-order valence-electron chi connectivity index (χ2n) is 11.1. The quantitative estimate of drug-likeness (QED) is 0.0733. The lowest BCUT2D eigenvalue weighted by atomic mass is 10.0. The zero-order valence-electron chi connectivity index (χ0n) is 28.4. The molecule has 2 aromatic carbocycles.